The summed E-state index contributed by atoms with van der Waals surface area (Å²) < 4.78 is 32.3. The number of carbonyl (C=O) groups excluding carboxylic acids is 1. The van der Waals surface area contributed by atoms with Gasteiger partial charge in [-0.2, -0.15) is 4.31 Å². The van der Waals surface area contributed by atoms with Gasteiger partial charge in [-0.15, -0.1) is 11.8 Å². The molecule has 0 aliphatic carbocycles. The van der Waals surface area contributed by atoms with Gasteiger partial charge in [-0.05, 0) is 30.3 Å². The van der Waals surface area contributed by atoms with Crippen LogP contribution in [0.3, 0.4) is 0 Å². The molecular weight excluding hydrogens is 479 g/mol. The fraction of sp³-hybridized carbons (Fsp3) is 0.278. The van der Waals surface area contributed by atoms with Crippen molar-refractivity contribution in [3.8, 4) is 0 Å². The van der Waals surface area contributed by atoms with Crippen molar-refractivity contribution in [3.05, 3.63) is 51.5 Å². The third kappa shape index (κ3) is 5.58. The van der Waals surface area contributed by atoms with Crippen molar-refractivity contribution in [1.82, 2.24) is 4.31 Å². The zero-order valence-corrected chi connectivity index (χ0v) is 18.9. The number of nitrogens with one attached hydrogen (secondary N) is 1. The third-order valence-electron chi connectivity index (χ3n) is 4.07. The molecule has 156 valence electrons. The minimum atomic E-state index is -3.79. The van der Waals surface area contributed by atoms with E-state index >= 15 is 0 Å². The van der Waals surface area contributed by atoms with Crippen LogP contribution in [0.25, 0.3) is 0 Å². The number of nitrogens with zero attached hydrogens (tertiary/aromatic N) is 1. The Morgan fingerprint density at radius 3 is 2.38 bits per heavy atom. The van der Waals surface area contributed by atoms with Crippen molar-refractivity contribution >= 4 is 68.2 Å². The van der Waals surface area contributed by atoms with Crippen LogP contribution in [-0.2, 0) is 19.6 Å². The quantitative estimate of drug-likeness (QED) is 0.601. The number of thioether (sulfide) groups is 1. The summed E-state index contributed by atoms with van der Waals surface area (Å²) in [7, 11) is -3.79. The van der Waals surface area contributed by atoms with Gasteiger partial charge in [0.1, 0.15) is 4.90 Å². The molecule has 1 aliphatic heterocycles. The average Bonchev–Trinajstić information content (AvgIpc) is 2.69. The second-order valence-electron chi connectivity index (χ2n) is 6.05. The molecule has 1 saturated heterocycles. The number of sulfonamides is 1. The lowest BCUT2D eigenvalue weighted by Gasteiger charge is -2.26. The number of benzene rings is 2. The van der Waals surface area contributed by atoms with Crippen LogP contribution in [0.2, 0.25) is 15.1 Å². The van der Waals surface area contributed by atoms with Gasteiger partial charge >= 0.3 is 0 Å². The van der Waals surface area contributed by atoms with Crippen LogP contribution in [0.1, 0.15) is 0 Å². The first-order valence-electron chi connectivity index (χ1n) is 8.53. The van der Waals surface area contributed by atoms with Crippen LogP contribution in [0.15, 0.2) is 46.2 Å². The fourth-order valence-corrected chi connectivity index (χ4v) is 6.05. The number of morpholine rings is 1. The molecular formula is C18H17Cl3N2O4S2. The molecule has 11 heteroatoms. The first-order chi connectivity index (χ1) is 13.8. The lowest BCUT2D eigenvalue weighted by atomic mass is 10.3. The highest BCUT2D eigenvalue weighted by Crippen LogP contribution is 2.34. The number of amides is 1. The molecule has 29 heavy (non-hydrogen) atoms. The first-order valence-corrected chi connectivity index (χ1v) is 12.1. The number of hydrogen-bond donors (Lipinski definition) is 1. The summed E-state index contributed by atoms with van der Waals surface area (Å²) in [5, 5.41) is 3.69. The third-order valence-corrected chi connectivity index (χ3v) is 8.44. The molecule has 1 aliphatic rings. The molecule has 0 atom stereocenters. The van der Waals surface area contributed by atoms with Crippen LogP contribution in [0, 0.1) is 0 Å². The standard InChI is InChI=1S/C18H17Cl3N2O4S2/c19-13-5-4-12(10-16(13)29(25,26)23-6-8-27-9-7-23)22-17(24)11-28-18-14(20)2-1-3-15(18)21/h1-5,10H,6-9,11H2,(H,22,24). The van der Waals surface area contributed by atoms with Crippen LogP contribution in [0.4, 0.5) is 5.69 Å². The minimum absolute atomic E-state index is 0.0532. The fourth-order valence-electron chi connectivity index (χ4n) is 2.66. The summed E-state index contributed by atoms with van der Waals surface area (Å²) in [6.07, 6.45) is 0. The average molecular weight is 496 g/mol. The SMILES string of the molecule is O=C(CSc1c(Cl)cccc1Cl)Nc1ccc(Cl)c(S(=O)(=O)N2CCOCC2)c1. The molecule has 0 spiro atoms. The number of anilines is 1. The highest BCUT2D eigenvalue weighted by atomic mass is 35.5. The molecule has 2 aromatic rings. The van der Waals surface area contributed by atoms with E-state index in [0.717, 1.165) is 0 Å². The summed E-state index contributed by atoms with van der Waals surface area (Å²) in [6, 6.07) is 9.46. The number of rotatable bonds is 6. The van der Waals surface area contributed by atoms with E-state index in [0.29, 0.717) is 33.8 Å². The van der Waals surface area contributed by atoms with Crippen molar-refractivity contribution in [2.75, 3.05) is 37.4 Å². The van der Waals surface area contributed by atoms with Crippen molar-refractivity contribution in [3.63, 3.8) is 0 Å². The first kappa shape index (κ1) is 22.7. The Morgan fingerprint density at radius 2 is 1.72 bits per heavy atom. The van der Waals surface area contributed by atoms with E-state index < -0.39 is 10.0 Å². The predicted octanol–water partition coefficient (Wildman–Crippen LogP) is 4.40. The maximum absolute atomic E-state index is 12.9. The second-order valence-corrected chi connectivity index (χ2v) is 10.2. The van der Waals surface area contributed by atoms with Gasteiger partial charge < -0.3 is 10.1 Å². The minimum Gasteiger partial charge on any atom is -0.379 e. The normalized spacial score (nSPS) is 15.3. The van der Waals surface area contributed by atoms with Gasteiger partial charge in [0.2, 0.25) is 15.9 Å². The molecule has 0 bridgehead atoms. The van der Waals surface area contributed by atoms with E-state index in [-0.39, 0.29) is 34.7 Å². The van der Waals surface area contributed by atoms with E-state index in [1.54, 1.807) is 24.3 Å². The molecule has 1 amide bonds. The molecule has 0 unspecified atom stereocenters. The molecule has 1 heterocycles. The Hall–Kier alpha value is -1.00. The zero-order chi connectivity index (χ0) is 21.0. The summed E-state index contributed by atoms with van der Waals surface area (Å²) in [5.74, 6) is -0.277. The van der Waals surface area contributed by atoms with Crippen molar-refractivity contribution in [1.29, 1.82) is 0 Å². The molecule has 1 fully saturated rings. The molecule has 3 rings (SSSR count). The number of ether oxygens (including phenoxy) is 1. The Labute approximate surface area is 188 Å². The smallest absolute Gasteiger partial charge is 0.244 e. The van der Waals surface area contributed by atoms with Crippen LogP contribution in [0.5, 0.6) is 0 Å². The van der Waals surface area contributed by atoms with E-state index in [4.69, 9.17) is 39.5 Å². The van der Waals surface area contributed by atoms with Gasteiger partial charge in [0.05, 0.1) is 34.0 Å². The van der Waals surface area contributed by atoms with Crippen LogP contribution >= 0.6 is 46.6 Å². The largest absolute Gasteiger partial charge is 0.379 e. The lowest BCUT2D eigenvalue weighted by molar-refractivity contribution is -0.113. The number of halogens is 3. The zero-order valence-electron chi connectivity index (χ0n) is 15.0. The van der Waals surface area contributed by atoms with E-state index in [1.165, 1.54) is 28.2 Å². The molecule has 0 aromatic heterocycles. The lowest BCUT2D eigenvalue weighted by Crippen LogP contribution is -2.40. The highest BCUT2D eigenvalue weighted by Gasteiger charge is 2.28. The Morgan fingerprint density at radius 1 is 1.07 bits per heavy atom. The van der Waals surface area contributed by atoms with E-state index in [1.807, 2.05) is 0 Å². The van der Waals surface area contributed by atoms with Crippen molar-refractivity contribution in [2.24, 2.45) is 0 Å². The summed E-state index contributed by atoms with van der Waals surface area (Å²) in [6.45, 7) is 1.17. The van der Waals surface area contributed by atoms with Crippen LogP contribution in [-0.4, -0.2) is 50.7 Å². The van der Waals surface area contributed by atoms with Gasteiger partial charge in [-0.1, -0.05) is 40.9 Å². The Balaban J connectivity index is 1.71. The topological polar surface area (TPSA) is 75.7 Å². The van der Waals surface area contributed by atoms with Gasteiger partial charge in [-0.25, -0.2) is 8.42 Å². The summed E-state index contributed by atoms with van der Waals surface area (Å²) in [4.78, 5) is 12.9. The van der Waals surface area contributed by atoms with Crippen LogP contribution < -0.4 is 5.32 Å². The number of hydrogen-bond acceptors (Lipinski definition) is 5. The molecule has 0 saturated carbocycles. The van der Waals surface area contributed by atoms with Crippen molar-refractivity contribution < 1.29 is 17.9 Å². The predicted molar refractivity (Wildman–Crippen MR) is 117 cm³/mol. The van der Waals surface area contributed by atoms with Gasteiger partial charge in [0.25, 0.3) is 0 Å². The van der Waals surface area contributed by atoms with E-state index in [2.05, 4.69) is 5.32 Å². The van der Waals surface area contributed by atoms with Crippen molar-refractivity contribution in [2.45, 2.75) is 9.79 Å². The monoisotopic (exact) mass is 494 g/mol. The summed E-state index contributed by atoms with van der Waals surface area (Å²) in [5.41, 5.74) is 0.331. The number of carbonyl (C=O) groups is 1. The molecule has 0 radical (unpaired) electrons. The maximum atomic E-state index is 12.9. The Kier molecular flexibility index (Phi) is 7.72. The van der Waals surface area contributed by atoms with E-state index in [9.17, 15) is 13.2 Å². The molecule has 1 N–H and O–H groups in total. The molecule has 6 nitrogen and oxygen atoms in total. The van der Waals surface area contributed by atoms with Gasteiger partial charge in [0, 0.05) is 23.7 Å². The highest BCUT2D eigenvalue weighted by molar-refractivity contribution is 8.00. The maximum Gasteiger partial charge on any atom is 0.244 e. The molecule has 2 aromatic carbocycles. The summed E-state index contributed by atoms with van der Waals surface area (Å²) >= 11 is 19.5. The second kappa shape index (κ2) is 9.87. The van der Waals surface area contributed by atoms with Gasteiger partial charge in [0.15, 0.2) is 0 Å². The van der Waals surface area contributed by atoms with Gasteiger partial charge in [-0.3, -0.25) is 4.79 Å². The Bertz CT molecular complexity index is 992.